The van der Waals surface area contributed by atoms with Gasteiger partial charge in [0.05, 0.1) is 0 Å². The molecule has 0 heterocycles. The highest BCUT2D eigenvalue weighted by Gasteiger charge is 2.18. The zero-order valence-electron chi connectivity index (χ0n) is 28.9. The van der Waals surface area contributed by atoms with E-state index in [9.17, 15) is 13.0 Å². The second-order valence-corrected chi connectivity index (χ2v) is 14.9. The lowest BCUT2D eigenvalue weighted by Crippen LogP contribution is -2.03. The third-order valence-electron chi connectivity index (χ3n) is 9.56. The third-order valence-corrected chi connectivity index (χ3v) is 10.5. The summed E-state index contributed by atoms with van der Waals surface area (Å²) in [5.41, 5.74) is 2.27. The number of aryl methyl sites for hydroxylation is 2. The molecule has 3 nitrogen and oxygen atoms in total. The molecule has 0 fully saturated rings. The highest BCUT2D eigenvalue weighted by molar-refractivity contribution is 7.86. The van der Waals surface area contributed by atoms with Crippen LogP contribution in [0.3, 0.4) is 0 Å². The van der Waals surface area contributed by atoms with Crippen molar-refractivity contribution in [2.45, 2.75) is 199 Å². The SMILES string of the molecule is CCCCCCCCCCCCCCCc1ccc(CCCCCCCCCCCCCCC)c2c(S(=O)(=O)O)cccc12. The Kier molecular flexibility index (Phi) is 21.9. The molecule has 0 bridgehead atoms. The smallest absolute Gasteiger partial charge is 0.282 e. The van der Waals surface area contributed by atoms with Gasteiger partial charge in [-0.3, -0.25) is 4.55 Å². The van der Waals surface area contributed by atoms with Gasteiger partial charge in [0.15, 0.2) is 0 Å². The molecule has 0 atom stereocenters. The van der Waals surface area contributed by atoms with E-state index in [0.717, 1.165) is 42.0 Å². The molecule has 0 radical (unpaired) electrons. The van der Waals surface area contributed by atoms with Crippen molar-refractivity contribution in [2.75, 3.05) is 0 Å². The quantitative estimate of drug-likeness (QED) is 0.0720. The Bertz CT molecular complexity index is 1090. The van der Waals surface area contributed by atoms with Gasteiger partial charge in [-0.1, -0.05) is 192 Å². The van der Waals surface area contributed by atoms with Crippen molar-refractivity contribution >= 4 is 20.9 Å². The van der Waals surface area contributed by atoms with Crippen molar-refractivity contribution in [3.8, 4) is 0 Å². The first-order chi connectivity index (χ1) is 21.5. The summed E-state index contributed by atoms with van der Waals surface area (Å²) in [5, 5.41) is 1.76. The van der Waals surface area contributed by atoms with E-state index in [1.54, 1.807) is 12.1 Å². The molecule has 0 spiro atoms. The number of unbranched alkanes of at least 4 members (excludes halogenated alkanes) is 24. The summed E-state index contributed by atoms with van der Waals surface area (Å²) < 4.78 is 34.7. The van der Waals surface area contributed by atoms with E-state index in [4.69, 9.17) is 0 Å². The summed E-state index contributed by atoms with van der Waals surface area (Å²) in [4.78, 5) is 0.0758. The minimum atomic E-state index is -4.27. The second kappa shape index (κ2) is 24.8. The van der Waals surface area contributed by atoms with Crippen LogP contribution in [0.4, 0.5) is 0 Å². The van der Waals surface area contributed by atoms with Crippen LogP contribution in [0, 0.1) is 0 Å². The van der Waals surface area contributed by atoms with Crippen molar-refractivity contribution < 1.29 is 13.0 Å². The van der Waals surface area contributed by atoms with Crippen molar-refractivity contribution in [3.05, 3.63) is 41.5 Å². The van der Waals surface area contributed by atoms with Crippen molar-refractivity contribution in [1.29, 1.82) is 0 Å². The molecule has 0 unspecified atom stereocenters. The van der Waals surface area contributed by atoms with Crippen LogP contribution in [-0.2, 0) is 23.0 Å². The van der Waals surface area contributed by atoms with Crippen molar-refractivity contribution in [1.82, 2.24) is 0 Å². The van der Waals surface area contributed by atoms with Gasteiger partial charge in [0.2, 0.25) is 0 Å². The predicted molar refractivity (Wildman–Crippen MR) is 193 cm³/mol. The van der Waals surface area contributed by atoms with Crippen LogP contribution >= 0.6 is 0 Å². The van der Waals surface area contributed by atoms with Crippen molar-refractivity contribution in [3.63, 3.8) is 0 Å². The Labute approximate surface area is 273 Å². The lowest BCUT2D eigenvalue weighted by atomic mass is 9.93. The average molecular weight is 629 g/mol. The standard InChI is InChI=1S/C40H68O3S/c1-3-5-7-9-11-13-15-17-19-21-23-25-27-30-36-34-35-37(40-38(36)32-29-33-39(40)44(41,42)43)31-28-26-24-22-20-18-16-14-12-10-8-6-4-2/h29,32-35H,3-28,30-31H2,1-2H3,(H,41,42,43). The monoisotopic (exact) mass is 628 g/mol. The topological polar surface area (TPSA) is 54.4 Å². The Morgan fingerprint density at radius 2 is 0.795 bits per heavy atom. The first-order valence-electron chi connectivity index (χ1n) is 19.0. The zero-order chi connectivity index (χ0) is 31.7. The van der Waals surface area contributed by atoms with E-state index in [1.165, 1.54) is 160 Å². The van der Waals surface area contributed by atoms with Crippen LogP contribution in [0.1, 0.15) is 192 Å². The van der Waals surface area contributed by atoms with E-state index in [-0.39, 0.29) is 4.90 Å². The first kappa shape index (κ1) is 38.8. The molecule has 1 N–H and O–H groups in total. The lowest BCUT2D eigenvalue weighted by Gasteiger charge is -2.14. The van der Waals surface area contributed by atoms with E-state index < -0.39 is 10.1 Å². The summed E-state index contributed by atoms with van der Waals surface area (Å²) in [6.45, 7) is 4.55. The van der Waals surface area contributed by atoms with Gasteiger partial charge in [-0.05, 0) is 48.3 Å². The second-order valence-electron chi connectivity index (χ2n) is 13.5. The molecule has 2 aromatic carbocycles. The Morgan fingerprint density at radius 3 is 1.18 bits per heavy atom. The molecule has 2 rings (SSSR count). The summed E-state index contributed by atoms with van der Waals surface area (Å²) in [6, 6.07) is 9.76. The summed E-state index contributed by atoms with van der Waals surface area (Å²) in [5.74, 6) is 0. The molecule has 44 heavy (non-hydrogen) atoms. The van der Waals surface area contributed by atoms with Crippen molar-refractivity contribution in [2.24, 2.45) is 0 Å². The maximum absolute atomic E-state index is 12.3. The molecule has 252 valence electrons. The third kappa shape index (κ3) is 16.8. The molecule has 0 aliphatic heterocycles. The number of rotatable bonds is 29. The van der Waals surface area contributed by atoms with Crippen LogP contribution in [-0.4, -0.2) is 13.0 Å². The Morgan fingerprint density at radius 1 is 0.455 bits per heavy atom. The molecule has 4 heteroatoms. The zero-order valence-corrected chi connectivity index (χ0v) is 29.7. The van der Waals surface area contributed by atoms with Gasteiger partial charge in [0, 0.05) is 5.39 Å². The van der Waals surface area contributed by atoms with E-state index >= 15 is 0 Å². The number of hydrogen-bond donors (Lipinski definition) is 1. The van der Waals surface area contributed by atoms with Crippen LogP contribution in [0.25, 0.3) is 10.8 Å². The highest BCUT2D eigenvalue weighted by Crippen LogP contribution is 2.31. The normalized spacial score (nSPS) is 12.0. The van der Waals surface area contributed by atoms with E-state index in [1.807, 2.05) is 0 Å². The maximum Gasteiger partial charge on any atom is 0.295 e. The fourth-order valence-corrected chi connectivity index (χ4v) is 7.56. The van der Waals surface area contributed by atoms with Gasteiger partial charge < -0.3 is 0 Å². The molecule has 0 aliphatic rings. The fraction of sp³-hybridized carbons (Fsp3) is 0.750. The van der Waals surface area contributed by atoms with Gasteiger partial charge in [-0.15, -0.1) is 0 Å². The Balaban J connectivity index is 1.74. The molecule has 0 amide bonds. The maximum atomic E-state index is 12.3. The first-order valence-corrected chi connectivity index (χ1v) is 20.4. The Hall–Kier alpha value is -1.39. The van der Waals surface area contributed by atoms with E-state index in [0.29, 0.717) is 0 Å². The van der Waals surface area contributed by atoms with Gasteiger partial charge >= 0.3 is 0 Å². The van der Waals surface area contributed by atoms with Crippen LogP contribution in [0.15, 0.2) is 35.2 Å². The molecule has 0 aromatic heterocycles. The molecule has 0 saturated heterocycles. The van der Waals surface area contributed by atoms with Crippen LogP contribution in [0.5, 0.6) is 0 Å². The summed E-state index contributed by atoms with van der Waals surface area (Å²) in [6.07, 6.45) is 36.4. The minimum Gasteiger partial charge on any atom is -0.282 e. The molecule has 0 aliphatic carbocycles. The minimum absolute atomic E-state index is 0.0758. The highest BCUT2D eigenvalue weighted by atomic mass is 32.2. The van der Waals surface area contributed by atoms with Crippen LogP contribution in [0.2, 0.25) is 0 Å². The summed E-state index contributed by atoms with van der Waals surface area (Å²) in [7, 11) is -4.27. The largest absolute Gasteiger partial charge is 0.295 e. The number of hydrogen-bond acceptors (Lipinski definition) is 2. The molecule has 0 saturated carbocycles. The predicted octanol–water partition coefficient (Wildman–Crippen LogP) is 13.4. The number of benzene rings is 2. The number of fused-ring (bicyclic) bond motifs is 1. The van der Waals surface area contributed by atoms with Gasteiger partial charge in [-0.25, -0.2) is 0 Å². The lowest BCUT2D eigenvalue weighted by molar-refractivity contribution is 0.484. The van der Waals surface area contributed by atoms with Gasteiger partial charge in [0.25, 0.3) is 10.1 Å². The van der Waals surface area contributed by atoms with Gasteiger partial charge in [0.1, 0.15) is 4.90 Å². The molecular formula is C40H68O3S. The summed E-state index contributed by atoms with van der Waals surface area (Å²) >= 11 is 0. The van der Waals surface area contributed by atoms with Crippen LogP contribution < -0.4 is 0 Å². The van der Waals surface area contributed by atoms with Gasteiger partial charge in [-0.2, -0.15) is 8.42 Å². The fourth-order valence-electron chi connectivity index (χ4n) is 6.81. The molecule has 2 aromatic rings. The van der Waals surface area contributed by atoms with E-state index in [2.05, 4.69) is 32.0 Å². The molecular weight excluding hydrogens is 561 g/mol. The average Bonchev–Trinajstić information content (AvgIpc) is 3.01.